The first-order chi connectivity index (χ1) is 3.80. The van der Waals surface area contributed by atoms with E-state index in [0.717, 1.165) is 0 Å². The third-order valence-corrected chi connectivity index (χ3v) is 1.71. The van der Waals surface area contributed by atoms with Gasteiger partial charge in [-0.1, -0.05) is 29.8 Å². The molecule has 0 aliphatic heterocycles. The van der Waals surface area contributed by atoms with Crippen molar-refractivity contribution >= 4 is 14.5 Å². The molecule has 0 saturated heterocycles. The van der Waals surface area contributed by atoms with Gasteiger partial charge in [0.2, 0.25) is 0 Å². The molecule has 8 heavy (non-hydrogen) atoms. The van der Waals surface area contributed by atoms with Crippen LogP contribution in [0.15, 0.2) is 24.3 Å². The highest BCUT2D eigenvalue weighted by Gasteiger charge is 1.76. The predicted octanol–water partition coefficient (Wildman–Crippen LogP) is 1.76. The Morgan fingerprint density at radius 3 is 2.25 bits per heavy atom. The number of benzene rings is 1. The molecule has 0 N–H and O–H groups in total. The second kappa shape index (κ2) is 2.28. The summed E-state index contributed by atoms with van der Waals surface area (Å²) in [5, 5.41) is 1.17. The molecule has 0 aliphatic rings. The molecule has 0 amide bonds. The molecule has 0 atom stereocenters. The minimum atomic E-state index is 1.17. The van der Waals surface area contributed by atoms with Gasteiger partial charge < -0.3 is 9.24 Å². The molecule has 0 spiro atoms. The zero-order valence-electron chi connectivity index (χ0n) is 4.81. The third-order valence-electron chi connectivity index (χ3n) is 1.15. The van der Waals surface area contributed by atoms with E-state index < -0.39 is 0 Å². The molecule has 1 aromatic rings. The topological polar surface area (TPSA) is 0 Å². The van der Waals surface area contributed by atoms with Gasteiger partial charge in [-0.2, -0.15) is 0 Å². The second-order valence-corrected chi connectivity index (χ2v) is 2.35. The molecular formula is C7H8P-. The molecule has 0 saturated carbocycles. The molecular weight excluding hydrogens is 115 g/mol. The van der Waals surface area contributed by atoms with Crippen molar-refractivity contribution in [3.8, 4) is 0 Å². The molecule has 1 heteroatoms. The van der Waals surface area contributed by atoms with Crippen molar-refractivity contribution in [2.24, 2.45) is 0 Å². The lowest BCUT2D eigenvalue weighted by Gasteiger charge is -2.03. The van der Waals surface area contributed by atoms with Crippen LogP contribution in [0.2, 0.25) is 0 Å². The maximum absolute atomic E-state index is 3.44. The van der Waals surface area contributed by atoms with E-state index in [1.165, 1.54) is 10.9 Å². The van der Waals surface area contributed by atoms with Crippen molar-refractivity contribution in [1.82, 2.24) is 0 Å². The third kappa shape index (κ3) is 1.08. The van der Waals surface area contributed by atoms with Gasteiger partial charge in [0, 0.05) is 0 Å². The summed E-state index contributed by atoms with van der Waals surface area (Å²) in [6.45, 7) is 2.07. The van der Waals surface area contributed by atoms with E-state index in [2.05, 4.69) is 22.2 Å². The highest BCUT2D eigenvalue weighted by Crippen LogP contribution is 1.96. The fourth-order valence-corrected chi connectivity index (χ4v) is 0.752. The Morgan fingerprint density at radius 1 is 1.25 bits per heavy atom. The highest BCUT2D eigenvalue weighted by atomic mass is 31.0. The summed E-state index contributed by atoms with van der Waals surface area (Å²) in [5.41, 5.74) is 1.28. The molecule has 0 aromatic heterocycles. The average Bonchev–Trinajstić information content (AvgIpc) is 1.77. The quantitative estimate of drug-likeness (QED) is 0.461. The Kier molecular flexibility index (Phi) is 1.65. The van der Waals surface area contributed by atoms with Gasteiger partial charge in [0.05, 0.1) is 0 Å². The van der Waals surface area contributed by atoms with E-state index in [-0.39, 0.29) is 0 Å². The number of hydrogen-bond donors (Lipinski definition) is 0. The van der Waals surface area contributed by atoms with Crippen LogP contribution in [0.5, 0.6) is 0 Å². The molecule has 1 aromatic carbocycles. The average molecular weight is 123 g/mol. The zero-order valence-corrected chi connectivity index (χ0v) is 5.81. The predicted molar refractivity (Wildman–Crippen MR) is 39.1 cm³/mol. The van der Waals surface area contributed by atoms with Crippen LogP contribution < -0.4 is 5.30 Å². The maximum atomic E-state index is 3.44. The van der Waals surface area contributed by atoms with E-state index in [1.54, 1.807) is 0 Å². The molecule has 0 aliphatic carbocycles. The van der Waals surface area contributed by atoms with Crippen molar-refractivity contribution in [2.75, 3.05) is 0 Å². The van der Waals surface area contributed by atoms with Gasteiger partial charge in [0.25, 0.3) is 0 Å². The van der Waals surface area contributed by atoms with Gasteiger partial charge in [-0.3, -0.25) is 0 Å². The van der Waals surface area contributed by atoms with Crippen molar-refractivity contribution in [3.63, 3.8) is 0 Å². The van der Waals surface area contributed by atoms with Gasteiger partial charge in [0.15, 0.2) is 0 Å². The maximum Gasteiger partial charge on any atom is -0.0420 e. The van der Waals surface area contributed by atoms with E-state index >= 15 is 0 Å². The largest absolute Gasteiger partial charge is 0.524 e. The zero-order chi connectivity index (χ0) is 5.98. The van der Waals surface area contributed by atoms with Gasteiger partial charge in [-0.05, 0) is 6.92 Å². The first kappa shape index (κ1) is 5.78. The van der Waals surface area contributed by atoms with E-state index in [0.29, 0.717) is 0 Å². The van der Waals surface area contributed by atoms with Gasteiger partial charge >= 0.3 is 0 Å². The fraction of sp³-hybridized carbons (Fsp3) is 0.143. The number of aryl methyl sites for hydroxylation is 1. The Bertz CT molecular complexity index is 160. The Balaban J connectivity index is 3.13. The minimum Gasteiger partial charge on any atom is -0.524 e. The molecule has 42 valence electrons. The molecule has 0 bridgehead atoms. The van der Waals surface area contributed by atoms with Crippen LogP contribution in [0.4, 0.5) is 0 Å². The molecule has 0 heterocycles. The molecule has 0 radical (unpaired) electrons. The van der Waals surface area contributed by atoms with Crippen molar-refractivity contribution < 1.29 is 0 Å². The fourth-order valence-electron chi connectivity index (χ4n) is 0.573. The number of hydrogen-bond acceptors (Lipinski definition) is 0. The van der Waals surface area contributed by atoms with Gasteiger partial charge in [-0.15, -0.1) is 0 Å². The second-order valence-electron chi connectivity index (χ2n) is 1.81. The highest BCUT2D eigenvalue weighted by molar-refractivity contribution is 7.27. The lowest BCUT2D eigenvalue weighted by molar-refractivity contribution is 1.52. The van der Waals surface area contributed by atoms with Crippen LogP contribution in [0.1, 0.15) is 5.56 Å². The molecule has 0 fully saturated rings. The SMILES string of the molecule is Cc1ccccc1[PH-]. The molecule has 0 unspecified atom stereocenters. The lowest BCUT2D eigenvalue weighted by atomic mass is 10.2. The summed E-state index contributed by atoms with van der Waals surface area (Å²) in [7, 11) is 3.44. The summed E-state index contributed by atoms with van der Waals surface area (Å²) < 4.78 is 0. The molecule has 1 rings (SSSR count). The van der Waals surface area contributed by atoms with Crippen LogP contribution in [-0.4, -0.2) is 0 Å². The van der Waals surface area contributed by atoms with Crippen LogP contribution >= 0.6 is 9.24 Å². The van der Waals surface area contributed by atoms with Crippen LogP contribution in [0.3, 0.4) is 0 Å². The number of rotatable bonds is 0. The van der Waals surface area contributed by atoms with E-state index in [1.807, 2.05) is 18.2 Å². The normalized spacial score (nSPS) is 9.25. The first-order valence-corrected chi connectivity index (χ1v) is 3.08. The van der Waals surface area contributed by atoms with Crippen LogP contribution in [-0.2, 0) is 0 Å². The van der Waals surface area contributed by atoms with E-state index in [9.17, 15) is 0 Å². The Labute approximate surface area is 52.1 Å². The summed E-state index contributed by atoms with van der Waals surface area (Å²) in [5.74, 6) is 0. The molecule has 0 nitrogen and oxygen atoms in total. The van der Waals surface area contributed by atoms with E-state index in [4.69, 9.17) is 0 Å². The lowest BCUT2D eigenvalue weighted by Crippen LogP contribution is -1.92. The standard InChI is InChI=1S/C7H8P/c1-6-4-2-3-5-7(6)8/h2-5,8H,1H3/q-1. The monoisotopic (exact) mass is 123 g/mol. The minimum absolute atomic E-state index is 1.17. The summed E-state index contributed by atoms with van der Waals surface area (Å²) in [4.78, 5) is 0. The smallest absolute Gasteiger partial charge is 0.0420 e. The first-order valence-electron chi connectivity index (χ1n) is 2.58. The summed E-state index contributed by atoms with van der Waals surface area (Å²) >= 11 is 0. The summed E-state index contributed by atoms with van der Waals surface area (Å²) in [6.07, 6.45) is 0. The van der Waals surface area contributed by atoms with Crippen molar-refractivity contribution in [3.05, 3.63) is 29.8 Å². The van der Waals surface area contributed by atoms with Crippen molar-refractivity contribution in [2.45, 2.75) is 6.92 Å². The Hall–Kier alpha value is -0.350. The van der Waals surface area contributed by atoms with Gasteiger partial charge in [-0.25, -0.2) is 5.30 Å². The van der Waals surface area contributed by atoms with Crippen LogP contribution in [0, 0.1) is 6.92 Å². The Morgan fingerprint density at radius 2 is 1.88 bits per heavy atom. The van der Waals surface area contributed by atoms with Gasteiger partial charge in [0.1, 0.15) is 0 Å². The van der Waals surface area contributed by atoms with Crippen LogP contribution in [0.25, 0.3) is 0 Å². The summed E-state index contributed by atoms with van der Waals surface area (Å²) in [6, 6.07) is 8.14. The van der Waals surface area contributed by atoms with Crippen molar-refractivity contribution in [1.29, 1.82) is 0 Å².